The maximum Gasteiger partial charge on any atom is 0.0469 e. The average molecular weight is 242 g/mol. The molecule has 1 rings (SSSR count). The van der Waals surface area contributed by atoms with Crippen molar-refractivity contribution < 1.29 is 4.74 Å². The standard InChI is InChI=1S/C14H30N2O/c1-5-14(10-15-12(2)3)16(4)11-13-6-8-17-9-7-13/h12-15H,5-11H2,1-4H3. The maximum absolute atomic E-state index is 5.42. The number of nitrogens with one attached hydrogen (secondary N) is 1. The molecular formula is C14H30N2O. The number of hydrogen-bond acceptors (Lipinski definition) is 3. The minimum absolute atomic E-state index is 0.584. The van der Waals surface area contributed by atoms with Gasteiger partial charge in [-0.15, -0.1) is 0 Å². The van der Waals surface area contributed by atoms with Crippen LogP contribution in [-0.4, -0.2) is 50.3 Å². The molecule has 1 aliphatic rings. The molecule has 0 aromatic heterocycles. The first-order chi connectivity index (χ1) is 8.13. The fraction of sp³-hybridized carbons (Fsp3) is 1.00. The summed E-state index contributed by atoms with van der Waals surface area (Å²) in [5.74, 6) is 0.835. The molecule has 102 valence electrons. The van der Waals surface area contributed by atoms with Crippen molar-refractivity contribution in [2.45, 2.75) is 52.1 Å². The van der Waals surface area contributed by atoms with E-state index in [1.807, 2.05) is 0 Å². The van der Waals surface area contributed by atoms with Crippen LogP contribution in [0.15, 0.2) is 0 Å². The van der Waals surface area contributed by atoms with Gasteiger partial charge in [-0.25, -0.2) is 0 Å². The average Bonchev–Trinajstić information content (AvgIpc) is 2.30. The Balaban J connectivity index is 2.28. The molecule has 1 heterocycles. The zero-order valence-electron chi connectivity index (χ0n) is 12.0. The zero-order valence-corrected chi connectivity index (χ0v) is 12.0. The Morgan fingerprint density at radius 3 is 2.47 bits per heavy atom. The lowest BCUT2D eigenvalue weighted by molar-refractivity contribution is 0.0498. The van der Waals surface area contributed by atoms with Gasteiger partial charge in [-0.3, -0.25) is 0 Å². The third-order valence-corrected chi connectivity index (χ3v) is 3.74. The zero-order chi connectivity index (χ0) is 12.7. The molecule has 3 heteroatoms. The second kappa shape index (κ2) is 8.06. The Bertz CT molecular complexity index is 191. The Morgan fingerprint density at radius 1 is 1.29 bits per heavy atom. The van der Waals surface area contributed by atoms with E-state index in [2.05, 4.69) is 38.0 Å². The monoisotopic (exact) mass is 242 g/mol. The highest BCUT2D eigenvalue weighted by Crippen LogP contribution is 2.17. The van der Waals surface area contributed by atoms with Crippen molar-refractivity contribution in [2.24, 2.45) is 5.92 Å². The summed E-state index contributed by atoms with van der Waals surface area (Å²) in [5, 5.41) is 3.55. The van der Waals surface area contributed by atoms with Crippen LogP contribution in [0, 0.1) is 5.92 Å². The molecule has 0 spiro atoms. The normalized spacial score (nSPS) is 20.1. The Labute approximate surface area is 107 Å². The number of rotatable bonds is 7. The molecule has 0 aromatic rings. The van der Waals surface area contributed by atoms with Gasteiger partial charge in [0.25, 0.3) is 0 Å². The lowest BCUT2D eigenvalue weighted by Crippen LogP contribution is -2.44. The van der Waals surface area contributed by atoms with E-state index < -0.39 is 0 Å². The summed E-state index contributed by atoms with van der Waals surface area (Å²) in [6, 6.07) is 1.25. The summed E-state index contributed by atoms with van der Waals surface area (Å²) in [6.07, 6.45) is 3.69. The van der Waals surface area contributed by atoms with Crippen molar-refractivity contribution in [3.05, 3.63) is 0 Å². The summed E-state index contributed by atoms with van der Waals surface area (Å²) in [5.41, 5.74) is 0. The first-order valence-electron chi connectivity index (χ1n) is 7.14. The van der Waals surface area contributed by atoms with Crippen molar-refractivity contribution in [3.63, 3.8) is 0 Å². The lowest BCUT2D eigenvalue weighted by Gasteiger charge is -2.33. The highest BCUT2D eigenvalue weighted by atomic mass is 16.5. The topological polar surface area (TPSA) is 24.5 Å². The molecule has 1 aliphatic heterocycles. The van der Waals surface area contributed by atoms with Gasteiger partial charge in [-0.2, -0.15) is 0 Å². The molecular weight excluding hydrogens is 212 g/mol. The highest BCUT2D eigenvalue weighted by Gasteiger charge is 2.19. The molecule has 0 aromatic carbocycles. The molecule has 17 heavy (non-hydrogen) atoms. The fourth-order valence-electron chi connectivity index (χ4n) is 2.47. The van der Waals surface area contributed by atoms with Gasteiger partial charge in [0.15, 0.2) is 0 Å². The van der Waals surface area contributed by atoms with Gasteiger partial charge >= 0.3 is 0 Å². The molecule has 0 radical (unpaired) electrons. The first-order valence-corrected chi connectivity index (χ1v) is 7.14. The molecule has 1 atom stereocenters. The van der Waals surface area contributed by atoms with E-state index in [0.717, 1.165) is 25.7 Å². The van der Waals surface area contributed by atoms with E-state index in [1.165, 1.54) is 25.8 Å². The molecule has 1 N–H and O–H groups in total. The third-order valence-electron chi connectivity index (χ3n) is 3.74. The van der Waals surface area contributed by atoms with E-state index >= 15 is 0 Å². The predicted octanol–water partition coefficient (Wildman–Crippen LogP) is 2.12. The fourth-order valence-corrected chi connectivity index (χ4v) is 2.47. The summed E-state index contributed by atoms with van der Waals surface area (Å²) >= 11 is 0. The van der Waals surface area contributed by atoms with Crippen LogP contribution in [0.3, 0.4) is 0 Å². The van der Waals surface area contributed by atoms with Crippen LogP contribution >= 0.6 is 0 Å². The van der Waals surface area contributed by atoms with E-state index in [-0.39, 0.29) is 0 Å². The SMILES string of the molecule is CCC(CNC(C)C)N(C)CC1CCOCC1. The lowest BCUT2D eigenvalue weighted by atomic mass is 9.99. The first kappa shape index (κ1) is 14.9. The van der Waals surface area contributed by atoms with E-state index in [0.29, 0.717) is 12.1 Å². The Hall–Kier alpha value is -0.120. The molecule has 0 aliphatic carbocycles. The van der Waals surface area contributed by atoms with Crippen molar-refractivity contribution in [2.75, 3.05) is 33.4 Å². The number of likely N-dealkylation sites (N-methyl/N-ethyl adjacent to an activating group) is 1. The molecule has 0 amide bonds. The van der Waals surface area contributed by atoms with Crippen molar-refractivity contribution in [1.29, 1.82) is 0 Å². The Morgan fingerprint density at radius 2 is 1.94 bits per heavy atom. The van der Waals surface area contributed by atoms with Crippen LogP contribution in [0.5, 0.6) is 0 Å². The van der Waals surface area contributed by atoms with Gasteiger partial charge in [0.05, 0.1) is 0 Å². The number of ether oxygens (including phenoxy) is 1. The number of nitrogens with zero attached hydrogens (tertiary/aromatic N) is 1. The third kappa shape index (κ3) is 5.84. The summed E-state index contributed by atoms with van der Waals surface area (Å²) in [6.45, 7) is 11.0. The second-order valence-electron chi connectivity index (χ2n) is 5.62. The van der Waals surface area contributed by atoms with E-state index in [1.54, 1.807) is 0 Å². The smallest absolute Gasteiger partial charge is 0.0469 e. The van der Waals surface area contributed by atoms with Gasteiger partial charge in [-0.1, -0.05) is 20.8 Å². The van der Waals surface area contributed by atoms with Gasteiger partial charge in [0.2, 0.25) is 0 Å². The van der Waals surface area contributed by atoms with Crippen LogP contribution in [-0.2, 0) is 4.74 Å². The number of hydrogen-bond donors (Lipinski definition) is 1. The second-order valence-corrected chi connectivity index (χ2v) is 5.62. The van der Waals surface area contributed by atoms with E-state index in [9.17, 15) is 0 Å². The molecule has 0 bridgehead atoms. The van der Waals surface area contributed by atoms with Gasteiger partial charge in [0, 0.05) is 38.4 Å². The van der Waals surface area contributed by atoms with Crippen molar-refractivity contribution in [3.8, 4) is 0 Å². The van der Waals surface area contributed by atoms with Crippen LogP contribution in [0.2, 0.25) is 0 Å². The molecule has 1 fully saturated rings. The van der Waals surface area contributed by atoms with E-state index in [4.69, 9.17) is 4.74 Å². The Kier molecular flexibility index (Phi) is 7.09. The van der Waals surface area contributed by atoms with Crippen molar-refractivity contribution >= 4 is 0 Å². The molecule has 0 saturated carbocycles. The minimum atomic E-state index is 0.584. The van der Waals surface area contributed by atoms with Crippen molar-refractivity contribution in [1.82, 2.24) is 10.2 Å². The highest BCUT2D eigenvalue weighted by molar-refractivity contribution is 4.75. The largest absolute Gasteiger partial charge is 0.381 e. The van der Waals surface area contributed by atoms with Crippen LogP contribution in [0.4, 0.5) is 0 Å². The predicted molar refractivity (Wildman–Crippen MR) is 73.4 cm³/mol. The quantitative estimate of drug-likeness (QED) is 0.740. The van der Waals surface area contributed by atoms with Crippen LogP contribution in [0.25, 0.3) is 0 Å². The van der Waals surface area contributed by atoms with Gasteiger partial charge in [-0.05, 0) is 32.2 Å². The van der Waals surface area contributed by atoms with Crippen LogP contribution < -0.4 is 5.32 Å². The molecule has 3 nitrogen and oxygen atoms in total. The molecule has 1 saturated heterocycles. The minimum Gasteiger partial charge on any atom is -0.381 e. The molecule has 1 unspecified atom stereocenters. The summed E-state index contributed by atoms with van der Waals surface area (Å²) in [7, 11) is 2.27. The summed E-state index contributed by atoms with van der Waals surface area (Å²) in [4.78, 5) is 2.53. The van der Waals surface area contributed by atoms with Crippen LogP contribution in [0.1, 0.15) is 40.0 Å². The maximum atomic E-state index is 5.42. The summed E-state index contributed by atoms with van der Waals surface area (Å²) < 4.78 is 5.42. The van der Waals surface area contributed by atoms with Gasteiger partial charge in [0.1, 0.15) is 0 Å². The van der Waals surface area contributed by atoms with Gasteiger partial charge < -0.3 is 15.0 Å².